The van der Waals surface area contributed by atoms with Crippen molar-refractivity contribution in [1.29, 1.82) is 0 Å². The Balaban J connectivity index is 2.01. The first-order valence-electron chi connectivity index (χ1n) is 7.05. The summed E-state index contributed by atoms with van der Waals surface area (Å²) in [4.78, 5) is 18.2. The molecule has 116 valence electrons. The maximum atomic E-state index is 11.7. The van der Waals surface area contributed by atoms with E-state index in [9.17, 15) is 4.79 Å². The third kappa shape index (κ3) is 4.05. The quantitative estimate of drug-likeness (QED) is 0.768. The van der Waals surface area contributed by atoms with E-state index in [4.69, 9.17) is 15.2 Å². The molecule has 7 nitrogen and oxygen atoms in total. The number of carbonyl (C=O) groups is 1. The average molecular weight is 294 g/mol. The Labute approximate surface area is 124 Å². The number of carbonyl (C=O) groups excluding carboxylic acids is 1. The molecule has 1 saturated heterocycles. The molecule has 1 aliphatic heterocycles. The summed E-state index contributed by atoms with van der Waals surface area (Å²) >= 11 is 0. The van der Waals surface area contributed by atoms with Gasteiger partial charge in [-0.15, -0.1) is 0 Å². The fourth-order valence-corrected chi connectivity index (χ4v) is 2.29. The first-order chi connectivity index (χ1) is 10.1. The predicted octanol–water partition coefficient (Wildman–Crippen LogP) is 0.583. The second-order valence-corrected chi connectivity index (χ2v) is 4.92. The molecule has 1 aromatic rings. The molecule has 1 aromatic heterocycles. The highest BCUT2D eigenvalue weighted by atomic mass is 16.5. The average Bonchev–Trinajstić information content (AvgIpc) is 2.53. The third-order valence-electron chi connectivity index (χ3n) is 3.48. The number of ether oxygens (including phenoxy) is 2. The van der Waals surface area contributed by atoms with Gasteiger partial charge in [-0.25, -0.2) is 9.78 Å². The molecule has 7 heteroatoms. The molecule has 0 bridgehead atoms. The van der Waals surface area contributed by atoms with Crippen molar-refractivity contribution in [3.05, 3.63) is 17.8 Å². The van der Waals surface area contributed by atoms with Crippen LogP contribution >= 0.6 is 0 Å². The Morgan fingerprint density at radius 1 is 1.67 bits per heavy atom. The van der Waals surface area contributed by atoms with E-state index in [-0.39, 0.29) is 6.10 Å². The van der Waals surface area contributed by atoms with Gasteiger partial charge in [0.05, 0.1) is 31.7 Å². The first-order valence-corrected chi connectivity index (χ1v) is 7.05. The van der Waals surface area contributed by atoms with Crippen molar-refractivity contribution >= 4 is 17.5 Å². The van der Waals surface area contributed by atoms with Crippen LogP contribution < -0.4 is 11.1 Å². The number of likely N-dealkylation sites (N-methyl/N-ethyl adjacent to an activating group) is 1. The molecular weight excluding hydrogens is 272 g/mol. The van der Waals surface area contributed by atoms with Crippen molar-refractivity contribution in [2.45, 2.75) is 13.0 Å². The number of rotatable bonds is 5. The highest BCUT2D eigenvalue weighted by molar-refractivity contribution is 5.95. The number of nitrogen functional groups attached to an aromatic ring is 1. The Kier molecular flexibility index (Phi) is 5.35. The van der Waals surface area contributed by atoms with Crippen molar-refractivity contribution in [1.82, 2.24) is 9.88 Å². The van der Waals surface area contributed by atoms with Crippen LogP contribution in [0.3, 0.4) is 0 Å². The van der Waals surface area contributed by atoms with Crippen molar-refractivity contribution in [2.75, 3.05) is 50.9 Å². The molecular formula is C14H22N4O3. The van der Waals surface area contributed by atoms with Crippen LogP contribution in [0.15, 0.2) is 12.3 Å². The van der Waals surface area contributed by atoms with E-state index in [1.165, 1.54) is 13.3 Å². The summed E-state index contributed by atoms with van der Waals surface area (Å²) in [5.41, 5.74) is 6.42. The van der Waals surface area contributed by atoms with E-state index in [1.54, 1.807) is 6.07 Å². The maximum Gasteiger partial charge on any atom is 0.341 e. The summed E-state index contributed by atoms with van der Waals surface area (Å²) in [6, 6.07) is 1.56. The van der Waals surface area contributed by atoms with Crippen LogP contribution in [0, 0.1) is 0 Å². The first kappa shape index (κ1) is 15.5. The molecule has 1 fully saturated rings. The molecule has 2 heterocycles. The van der Waals surface area contributed by atoms with E-state index in [1.807, 2.05) is 0 Å². The fraction of sp³-hybridized carbons (Fsp3) is 0.571. The number of nitrogens with one attached hydrogen (secondary N) is 1. The summed E-state index contributed by atoms with van der Waals surface area (Å²) in [5.74, 6) is 0.00493. The molecule has 1 unspecified atom stereocenters. The van der Waals surface area contributed by atoms with Crippen molar-refractivity contribution in [3.8, 4) is 0 Å². The Morgan fingerprint density at radius 2 is 2.48 bits per heavy atom. The number of morpholine rings is 1. The number of anilines is 2. The Bertz CT molecular complexity index is 495. The van der Waals surface area contributed by atoms with Crippen LogP contribution in [-0.2, 0) is 9.47 Å². The molecule has 0 saturated carbocycles. The van der Waals surface area contributed by atoms with Crippen LogP contribution in [0.5, 0.6) is 0 Å². The largest absolute Gasteiger partial charge is 0.465 e. The van der Waals surface area contributed by atoms with Gasteiger partial charge in [0.2, 0.25) is 0 Å². The van der Waals surface area contributed by atoms with Crippen LogP contribution in [0.2, 0.25) is 0 Å². The van der Waals surface area contributed by atoms with Gasteiger partial charge in [-0.05, 0) is 12.6 Å². The summed E-state index contributed by atoms with van der Waals surface area (Å²) < 4.78 is 10.5. The van der Waals surface area contributed by atoms with E-state index < -0.39 is 5.97 Å². The topological polar surface area (TPSA) is 89.7 Å². The van der Waals surface area contributed by atoms with Gasteiger partial charge >= 0.3 is 5.97 Å². The van der Waals surface area contributed by atoms with Gasteiger partial charge in [0, 0.05) is 19.6 Å². The highest BCUT2D eigenvalue weighted by Crippen LogP contribution is 2.17. The van der Waals surface area contributed by atoms with Crippen molar-refractivity contribution in [3.63, 3.8) is 0 Å². The smallest absolute Gasteiger partial charge is 0.341 e. The normalized spacial score (nSPS) is 19.2. The van der Waals surface area contributed by atoms with Crippen LogP contribution in [0.1, 0.15) is 17.3 Å². The van der Waals surface area contributed by atoms with Gasteiger partial charge in [-0.3, -0.25) is 4.90 Å². The molecule has 21 heavy (non-hydrogen) atoms. The molecule has 0 aromatic carbocycles. The zero-order valence-electron chi connectivity index (χ0n) is 12.5. The summed E-state index contributed by atoms with van der Waals surface area (Å²) in [5, 5.41) is 3.15. The number of nitrogens with two attached hydrogens (primary N) is 1. The van der Waals surface area contributed by atoms with Gasteiger partial charge in [0.1, 0.15) is 11.4 Å². The lowest BCUT2D eigenvalue weighted by Crippen LogP contribution is -2.45. The lowest BCUT2D eigenvalue weighted by atomic mass is 10.2. The maximum absolute atomic E-state index is 11.7. The lowest BCUT2D eigenvalue weighted by molar-refractivity contribution is -0.0192. The monoisotopic (exact) mass is 294 g/mol. The minimum atomic E-state index is -0.461. The summed E-state index contributed by atoms with van der Waals surface area (Å²) in [6.45, 7) is 6.27. The van der Waals surface area contributed by atoms with Crippen LogP contribution in [0.4, 0.5) is 11.5 Å². The Hall–Kier alpha value is -1.86. The summed E-state index contributed by atoms with van der Waals surface area (Å²) in [6.07, 6.45) is 1.58. The second kappa shape index (κ2) is 7.24. The zero-order valence-corrected chi connectivity index (χ0v) is 12.5. The van der Waals surface area contributed by atoms with E-state index >= 15 is 0 Å². The number of methoxy groups -OCH3 is 1. The van der Waals surface area contributed by atoms with Gasteiger partial charge in [0.25, 0.3) is 0 Å². The van der Waals surface area contributed by atoms with Gasteiger partial charge in [-0.1, -0.05) is 6.92 Å². The van der Waals surface area contributed by atoms with Crippen LogP contribution in [0.25, 0.3) is 0 Å². The number of hydrogen-bond acceptors (Lipinski definition) is 7. The second-order valence-electron chi connectivity index (χ2n) is 4.92. The minimum absolute atomic E-state index is 0.0727. The molecule has 1 aliphatic rings. The van der Waals surface area contributed by atoms with Gasteiger partial charge < -0.3 is 20.5 Å². The van der Waals surface area contributed by atoms with Gasteiger partial charge in [0.15, 0.2) is 0 Å². The standard InChI is InChI=1S/C14H22N4O3/c1-3-18-4-5-21-11(9-18)8-17-13-12(14(19)20-2)6-10(15)7-16-13/h6-7,11H,3-5,8-9,15H2,1-2H3,(H,16,17). The lowest BCUT2D eigenvalue weighted by Gasteiger charge is -2.32. The number of nitrogens with zero attached hydrogens (tertiary/aromatic N) is 2. The molecule has 0 spiro atoms. The van der Waals surface area contributed by atoms with E-state index in [0.717, 1.165) is 26.2 Å². The number of aromatic nitrogens is 1. The van der Waals surface area contributed by atoms with Crippen LogP contribution in [-0.4, -0.2) is 61.9 Å². The number of hydrogen-bond donors (Lipinski definition) is 2. The molecule has 1 atom stereocenters. The van der Waals surface area contributed by atoms with E-state index in [2.05, 4.69) is 22.1 Å². The Morgan fingerprint density at radius 3 is 3.19 bits per heavy atom. The zero-order chi connectivity index (χ0) is 15.2. The number of esters is 1. The molecule has 0 radical (unpaired) electrons. The molecule has 3 N–H and O–H groups in total. The van der Waals surface area contributed by atoms with Crippen molar-refractivity contribution < 1.29 is 14.3 Å². The van der Waals surface area contributed by atoms with Gasteiger partial charge in [-0.2, -0.15) is 0 Å². The summed E-state index contributed by atoms with van der Waals surface area (Å²) in [7, 11) is 1.33. The molecule has 0 aliphatic carbocycles. The highest BCUT2D eigenvalue weighted by Gasteiger charge is 2.20. The third-order valence-corrected chi connectivity index (χ3v) is 3.48. The molecule has 0 amide bonds. The predicted molar refractivity (Wildman–Crippen MR) is 80.3 cm³/mol. The molecule has 2 rings (SSSR count). The van der Waals surface area contributed by atoms with E-state index in [0.29, 0.717) is 23.6 Å². The fourth-order valence-electron chi connectivity index (χ4n) is 2.29. The number of pyridine rings is 1. The minimum Gasteiger partial charge on any atom is -0.465 e. The SMILES string of the molecule is CCN1CCOC(CNc2ncc(N)cc2C(=O)OC)C1. The van der Waals surface area contributed by atoms with Crippen molar-refractivity contribution in [2.24, 2.45) is 0 Å².